The Balaban J connectivity index is 1.88. The molecule has 0 fully saturated rings. The molecule has 0 bridgehead atoms. The van der Waals surface area contributed by atoms with Crippen molar-refractivity contribution in [3.63, 3.8) is 0 Å². The van der Waals surface area contributed by atoms with Gasteiger partial charge in [0.1, 0.15) is 13.2 Å². The van der Waals surface area contributed by atoms with E-state index in [9.17, 15) is 5.11 Å². The molecule has 0 spiro atoms. The fraction of sp³-hybridized carbons (Fsp3) is 0.312. The molecule has 5 heteroatoms. The first kappa shape index (κ1) is 13.9. The number of rotatable bonds is 4. The highest BCUT2D eigenvalue weighted by Gasteiger charge is 2.23. The number of aromatic nitrogens is 1. The first-order valence-electron chi connectivity index (χ1n) is 6.97. The van der Waals surface area contributed by atoms with Crippen molar-refractivity contribution >= 4 is 0 Å². The molecule has 21 heavy (non-hydrogen) atoms. The molecule has 2 atom stereocenters. The van der Waals surface area contributed by atoms with Gasteiger partial charge in [0, 0.05) is 24.9 Å². The first-order chi connectivity index (χ1) is 10.3. The van der Waals surface area contributed by atoms with Crippen LogP contribution in [0.3, 0.4) is 0 Å². The summed E-state index contributed by atoms with van der Waals surface area (Å²) in [5.74, 6) is 1.20. The predicted molar refractivity (Wildman–Crippen MR) is 78.4 cm³/mol. The second-order valence-corrected chi connectivity index (χ2v) is 4.97. The normalized spacial score (nSPS) is 16.3. The highest BCUT2D eigenvalue weighted by atomic mass is 16.6. The highest BCUT2D eigenvalue weighted by molar-refractivity contribution is 5.45. The van der Waals surface area contributed by atoms with E-state index in [1.165, 1.54) is 0 Å². The van der Waals surface area contributed by atoms with Crippen LogP contribution in [0.5, 0.6) is 11.5 Å². The molecule has 110 valence electrons. The number of fused-ring (bicyclic) bond motifs is 1. The number of aliphatic hydroxyl groups is 1. The van der Waals surface area contributed by atoms with E-state index in [2.05, 4.69) is 4.98 Å². The Kier molecular flexibility index (Phi) is 4.03. The molecule has 3 rings (SSSR count). The summed E-state index contributed by atoms with van der Waals surface area (Å²) < 4.78 is 11.0. The molecule has 0 amide bonds. The molecule has 1 aromatic carbocycles. The zero-order valence-corrected chi connectivity index (χ0v) is 11.6. The van der Waals surface area contributed by atoms with Gasteiger partial charge in [0.15, 0.2) is 11.5 Å². The predicted octanol–water partition coefficient (Wildman–Crippen LogP) is 1.63. The average molecular weight is 286 g/mol. The Labute approximate surface area is 123 Å². The third-order valence-corrected chi connectivity index (χ3v) is 3.68. The third-order valence-electron chi connectivity index (χ3n) is 3.68. The van der Waals surface area contributed by atoms with E-state index in [-0.39, 0.29) is 5.92 Å². The van der Waals surface area contributed by atoms with Crippen LogP contribution < -0.4 is 15.2 Å². The van der Waals surface area contributed by atoms with E-state index < -0.39 is 6.10 Å². The Hall–Kier alpha value is -2.11. The van der Waals surface area contributed by atoms with Gasteiger partial charge >= 0.3 is 0 Å². The Morgan fingerprint density at radius 2 is 1.76 bits per heavy atom. The zero-order valence-electron chi connectivity index (χ0n) is 11.6. The van der Waals surface area contributed by atoms with Crippen molar-refractivity contribution in [2.24, 2.45) is 5.73 Å². The van der Waals surface area contributed by atoms with Crippen molar-refractivity contribution in [2.75, 3.05) is 19.8 Å². The van der Waals surface area contributed by atoms with Crippen LogP contribution in [-0.2, 0) is 0 Å². The van der Waals surface area contributed by atoms with Crippen LogP contribution >= 0.6 is 0 Å². The fourth-order valence-corrected chi connectivity index (χ4v) is 2.53. The van der Waals surface area contributed by atoms with E-state index in [4.69, 9.17) is 15.2 Å². The maximum absolute atomic E-state index is 10.6. The molecule has 5 nitrogen and oxygen atoms in total. The van der Waals surface area contributed by atoms with E-state index in [0.29, 0.717) is 31.3 Å². The van der Waals surface area contributed by atoms with Gasteiger partial charge in [-0.15, -0.1) is 0 Å². The van der Waals surface area contributed by atoms with Crippen LogP contribution in [-0.4, -0.2) is 29.8 Å². The summed E-state index contributed by atoms with van der Waals surface area (Å²) in [5, 5.41) is 10.6. The van der Waals surface area contributed by atoms with E-state index >= 15 is 0 Å². The summed E-state index contributed by atoms with van der Waals surface area (Å²) >= 11 is 0. The minimum atomic E-state index is -0.701. The van der Waals surface area contributed by atoms with Crippen LogP contribution in [0.4, 0.5) is 0 Å². The smallest absolute Gasteiger partial charge is 0.161 e. The lowest BCUT2D eigenvalue weighted by Crippen LogP contribution is -2.21. The first-order valence-corrected chi connectivity index (χ1v) is 6.97. The van der Waals surface area contributed by atoms with E-state index in [0.717, 1.165) is 11.1 Å². The number of nitrogens with zero attached hydrogens (tertiary/aromatic N) is 1. The molecule has 0 saturated carbocycles. The SMILES string of the molecule is NCC(c1ccncc1)C(O)c1ccc2c(c1)OCCO2. The summed E-state index contributed by atoms with van der Waals surface area (Å²) in [4.78, 5) is 3.99. The maximum Gasteiger partial charge on any atom is 0.161 e. The molecule has 2 heterocycles. The second kappa shape index (κ2) is 6.11. The van der Waals surface area contributed by atoms with Crippen molar-refractivity contribution in [2.45, 2.75) is 12.0 Å². The van der Waals surface area contributed by atoms with Gasteiger partial charge in [0.2, 0.25) is 0 Å². The fourth-order valence-electron chi connectivity index (χ4n) is 2.53. The van der Waals surface area contributed by atoms with Crippen LogP contribution in [0.2, 0.25) is 0 Å². The second-order valence-electron chi connectivity index (χ2n) is 4.97. The molecule has 1 aromatic heterocycles. The number of benzene rings is 1. The van der Waals surface area contributed by atoms with Crippen molar-refractivity contribution < 1.29 is 14.6 Å². The lowest BCUT2D eigenvalue weighted by molar-refractivity contribution is 0.144. The molecule has 1 aliphatic rings. The van der Waals surface area contributed by atoms with Crippen molar-refractivity contribution in [1.82, 2.24) is 4.98 Å². The molecule has 0 aliphatic carbocycles. The Morgan fingerprint density at radius 3 is 2.48 bits per heavy atom. The molecule has 3 N–H and O–H groups in total. The summed E-state index contributed by atoms with van der Waals surface area (Å²) in [5.41, 5.74) is 7.58. The monoisotopic (exact) mass is 286 g/mol. The molecule has 2 unspecified atom stereocenters. The third kappa shape index (κ3) is 2.84. The van der Waals surface area contributed by atoms with Gasteiger partial charge in [-0.3, -0.25) is 4.98 Å². The maximum atomic E-state index is 10.6. The van der Waals surface area contributed by atoms with E-state index in [1.54, 1.807) is 12.4 Å². The average Bonchev–Trinajstić information content (AvgIpc) is 2.56. The Morgan fingerprint density at radius 1 is 1.05 bits per heavy atom. The molecule has 0 radical (unpaired) electrons. The number of ether oxygens (including phenoxy) is 2. The van der Waals surface area contributed by atoms with Gasteiger partial charge in [0.05, 0.1) is 6.10 Å². The number of hydrogen-bond donors (Lipinski definition) is 2. The quantitative estimate of drug-likeness (QED) is 0.893. The molecule has 1 aliphatic heterocycles. The Bertz CT molecular complexity index is 604. The van der Waals surface area contributed by atoms with Gasteiger partial charge in [-0.1, -0.05) is 6.07 Å². The lowest BCUT2D eigenvalue weighted by Gasteiger charge is -2.24. The van der Waals surface area contributed by atoms with Gasteiger partial charge in [0.25, 0.3) is 0 Å². The number of aliphatic hydroxyl groups excluding tert-OH is 1. The topological polar surface area (TPSA) is 77.6 Å². The summed E-state index contributed by atoms with van der Waals surface area (Å²) in [7, 11) is 0. The largest absolute Gasteiger partial charge is 0.486 e. The molecule has 2 aromatic rings. The zero-order chi connectivity index (χ0) is 14.7. The van der Waals surface area contributed by atoms with Gasteiger partial charge in [-0.25, -0.2) is 0 Å². The van der Waals surface area contributed by atoms with Crippen molar-refractivity contribution in [3.05, 3.63) is 53.9 Å². The highest BCUT2D eigenvalue weighted by Crippen LogP contribution is 2.36. The summed E-state index contributed by atoms with van der Waals surface area (Å²) in [6.07, 6.45) is 2.71. The minimum Gasteiger partial charge on any atom is -0.486 e. The number of nitrogens with two attached hydrogens (primary N) is 1. The number of hydrogen-bond acceptors (Lipinski definition) is 5. The molecular weight excluding hydrogens is 268 g/mol. The van der Waals surface area contributed by atoms with Crippen molar-refractivity contribution in [3.8, 4) is 11.5 Å². The molecular formula is C16H18N2O3. The van der Waals surface area contributed by atoms with Gasteiger partial charge < -0.3 is 20.3 Å². The summed E-state index contributed by atoms with van der Waals surface area (Å²) in [6, 6.07) is 9.25. The minimum absolute atomic E-state index is 0.185. The van der Waals surface area contributed by atoms with Crippen molar-refractivity contribution in [1.29, 1.82) is 0 Å². The van der Waals surface area contributed by atoms with E-state index in [1.807, 2.05) is 30.3 Å². The number of pyridine rings is 1. The van der Waals surface area contributed by atoms with Crippen LogP contribution in [0, 0.1) is 0 Å². The van der Waals surface area contributed by atoms with Gasteiger partial charge in [-0.05, 0) is 35.4 Å². The van der Waals surface area contributed by atoms with Crippen LogP contribution in [0.15, 0.2) is 42.7 Å². The summed E-state index contributed by atoms with van der Waals surface area (Å²) in [6.45, 7) is 1.42. The lowest BCUT2D eigenvalue weighted by atomic mass is 9.89. The van der Waals surface area contributed by atoms with Gasteiger partial charge in [-0.2, -0.15) is 0 Å². The standard InChI is InChI=1S/C16H18N2O3/c17-10-13(11-3-5-18-6-4-11)16(19)12-1-2-14-15(9-12)21-8-7-20-14/h1-6,9,13,16,19H,7-8,10,17H2. The van der Waals surface area contributed by atoms with Crippen LogP contribution in [0.25, 0.3) is 0 Å². The van der Waals surface area contributed by atoms with Crippen LogP contribution in [0.1, 0.15) is 23.1 Å². The molecule has 0 saturated heterocycles.